The lowest BCUT2D eigenvalue weighted by atomic mass is 10.2. The number of carbonyl (C=O) groups is 1. The molecule has 0 aliphatic heterocycles. The summed E-state index contributed by atoms with van der Waals surface area (Å²) in [7, 11) is -3.45. The van der Waals surface area contributed by atoms with Gasteiger partial charge in [0.15, 0.2) is 9.84 Å². The van der Waals surface area contributed by atoms with Crippen molar-refractivity contribution in [2.24, 2.45) is 0 Å². The van der Waals surface area contributed by atoms with E-state index in [1.54, 1.807) is 25.1 Å². The zero-order valence-electron chi connectivity index (χ0n) is 11.8. The summed E-state index contributed by atoms with van der Waals surface area (Å²) in [6.45, 7) is 1.74. The van der Waals surface area contributed by atoms with Crippen molar-refractivity contribution in [2.75, 3.05) is 6.26 Å². The van der Waals surface area contributed by atoms with Crippen LogP contribution in [0.15, 0.2) is 41.3 Å². The molecule has 0 aliphatic carbocycles. The highest BCUT2D eigenvalue weighted by molar-refractivity contribution is 7.90. The Balaban J connectivity index is 2.37. The molecule has 0 amide bonds. The van der Waals surface area contributed by atoms with E-state index >= 15 is 0 Å². The molecule has 0 aromatic heterocycles. The SMILES string of the molecule is Cc1cc(Cl)ccc1OC(=O)c1cc(S(C)(=O)=O)ccc1Cl. The van der Waals surface area contributed by atoms with E-state index in [4.69, 9.17) is 27.9 Å². The number of ether oxygens (including phenoxy) is 1. The largest absolute Gasteiger partial charge is 0.423 e. The number of hydrogen-bond donors (Lipinski definition) is 0. The predicted molar refractivity (Wildman–Crippen MR) is 85.7 cm³/mol. The normalized spacial score (nSPS) is 11.3. The van der Waals surface area contributed by atoms with Crippen molar-refractivity contribution in [1.29, 1.82) is 0 Å². The number of hydrogen-bond acceptors (Lipinski definition) is 4. The Morgan fingerprint density at radius 3 is 2.36 bits per heavy atom. The van der Waals surface area contributed by atoms with Gasteiger partial charge in [0.25, 0.3) is 0 Å². The van der Waals surface area contributed by atoms with Gasteiger partial charge in [0.1, 0.15) is 5.75 Å². The van der Waals surface area contributed by atoms with Crippen LogP contribution in [0.25, 0.3) is 0 Å². The Bertz CT molecular complexity index is 845. The van der Waals surface area contributed by atoms with Gasteiger partial charge in [-0.25, -0.2) is 13.2 Å². The van der Waals surface area contributed by atoms with E-state index in [-0.39, 0.29) is 15.5 Å². The second-order valence-corrected chi connectivity index (χ2v) is 7.57. The van der Waals surface area contributed by atoms with Crippen molar-refractivity contribution in [3.63, 3.8) is 0 Å². The van der Waals surface area contributed by atoms with Crippen LogP contribution in [0.5, 0.6) is 5.75 Å². The summed E-state index contributed by atoms with van der Waals surface area (Å²) < 4.78 is 28.4. The zero-order chi connectivity index (χ0) is 16.5. The molecule has 116 valence electrons. The Hall–Kier alpha value is -1.56. The third-order valence-corrected chi connectivity index (χ3v) is 4.60. The quantitative estimate of drug-likeness (QED) is 0.616. The van der Waals surface area contributed by atoms with Crippen LogP contribution in [0.3, 0.4) is 0 Å². The third-order valence-electron chi connectivity index (χ3n) is 2.93. The van der Waals surface area contributed by atoms with E-state index in [0.29, 0.717) is 16.3 Å². The topological polar surface area (TPSA) is 60.4 Å². The fraction of sp³-hybridized carbons (Fsp3) is 0.133. The average molecular weight is 359 g/mol. The lowest BCUT2D eigenvalue weighted by molar-refractivity contribution is 0.0733. The second-order valence-electron chi connectivity index (χ2n) is 4.71. The van der Waals surface area contributed by atoms with Crippen LogP contribution in [-0.2, 0) is 9.84 Å². The van der Waals surface area contributed by atoms with Crippen molar-refractivity contribution in [3.8, 4) is 5.75 Å². The molecule has 22 heavy (non-hydrogen) atoms. The van der Waals surface area contributed by atoms with E-state index in [9.17, 15) is 13.2 Å². The third kappa shape index (κ3) is 3.80. The molecule has 0 radical (unpaired) electrons. The maximum absolute atomic E-state index is 12.2. The highest BCUT2D eigenvalue weighted by atomic mass is 35.5. The van der Waals surface area contributed by atoms with Crippen molar-refractivity contribution in [2.45, 2.75) is 11.8 Å². The lowest BCUT2D eigenvalue weighted by Gasteiger charge is -2.09. The summed E-state index contributed by atoms with van der Waals surface area (Å²) >= 11 is 11.8. The molecule has 0 spiro atoms. The van der Waals surface area contributed by atoms with Gasteiger partial charge < -0.3 is 4.74 Å². The molecule has 0 unspecified atom stereocenters. The number of carbonyl (C=O) groups excluding carboxylic acids is 1. The minimum absolute atomic E-state index is 0.00308. The van der Waals surface area contributed by atoms with Crippen molar-refractivity contribution in [1.82, 2.24) is 0 Å². The Morgan fingerprint density at radius 1 is 1.09 bits per heavy atom. The first-order valence-corrected chi connectivity index (χ1v) is 8.81. The minimum Gasteiger partial charge on any atom is -0.423 e. The number of esters is 1. The first-order valence-electron chi connectivity index (χ1n) is 6.16. The van der Waals surface area contributed by atoms with Crippen LogP contribution >= 0.6 is 23.2 Å². The van der Waals surface area contributed by atoms with Gasteiger partial charge in [-0.2, -0.15) is 0 Å². The monoisotopic (exact) mass is 358 g/mol. The van der Waals surface area contributed by atoms with Gasteiger partial charge in [0.2, 0.25) is 0 Å². The van der Waals surface area contributed by atoms with Crippen LogP contribution < -0.4 is 4.74 Å². The maximum Gasteiger partial charge on any atom is 0.345 e. The van der Waals surface area contributed by atoms with Crippen molar-refractivity contribution < 1.29 is 17.9 Å². The Kier molecular flexibility index (Phi) is 4.80. The van der Waals surface area contributed by atoms with Crippen LogP contribution in [0.1, 0.15) is 15.9 Å². The highest BCUT2D eigenvalue weighted by Gasteiger charge is 2.18. The number of rotatable bonds is 3. The van der Waals surface area contributed by atoms with E-state index < -0.39 is 15.8 Å². The van der Waals surface area contributed by atoms with Crippen LogP contribution in [-0.4, -0.2) is 20.6 Å². The molecule has 7 heteroatoms. The van der Waals surface area contributed by atoms with E-state index in [2.05, 4.69) is 0 Å². The number of halogens is 2. The number of sulfone groups is 1. The Labute approximate surface area is 138 Å². The van der Waals surface area contributed by atoms with Gasteiger partial charge in [-0.1, -0.05) is 23.2 Å². The first-order chi connectivity index (χ1) is 10.2. The summed E-state index contributed by atoms with van der Waals surface area (Å²) in [6, 6.07) is 8.69. The first kappa shape index (κ1) is 16.8. The fourth-order valence-electron chi connectivity index (χ4n) is 1.77. The summed E-state index contributed by atoms with van der Waals surface area (Å²) in [6.07, 6.45) is 1.05. The molecular formula is C15H12Cl2O4S. The molecule has 2 rings (SSSR count). The second kappa shape index (κ2) is 6.28. The molecule has 0 saturated carbocycles. The molecule has 4 nitrogen and oxygen atoms in total. The summed E-state index contributed by atoms with van der Waals surface area (Å²) in [5.74, 6) is -0.406. The minimum atomic E-state index is -3.45. The molecule has 0 bridgehead atoms. The zero-order valence-corrected chi connectivity index (χ0v) is 14.1. The molecular weight excluding hydrogens is 347 g/mol. The highest BCUT2D eigenvalue weighted by Crippen LogP contribution is 2.25. The van der Waals surface area contributed by atoms with Crippen LogP contribution in [0, 0.1) is 6.92 Å². The average Bonchev–Trinajstić information content (AvgIpc) is 2.41. The molecule has 0 fully saturated rings. The molecule has 2 aromatic rings. The van der Waals surface area contributed by atoms with Gasteiger partial charge in [-0.05, 0) is 48.9 Å². The predicted octanol–water partition coefficient (Wildman–Crippen LogP) is 3.92. The van der Waals surface area contributed by atoms with Crippen LogP contribution in [0.4, 0.5) is 0 Å². The van der Waals surface area contributed by atoms with E-state index in [1.807, 2.05) is 0 Å². The summed E-state index contributed by atoms with van der Waals surface area (Å²) in [4.78, 5) is 12.2. The smallest absolute Gasteiger partial charge is 0.345 e. The van der Waals surface area contributed by atoms with Crippen molar-refractivity contribution >= 4 is 39.0 Å². The number of benzene rings is 2. The maximum atomic E-state index is 12.2. The van der Waals surface area contributed by atoms with Gasteiger partial charge >= 0.3 is 5.97 Å². The van der Waals surface area contributed by atoms with Gasteiger partial charge in [-0.3, -0.25) is 0 Å². The van der Waals surface area contributed by atoms with Crippen LogP contribution in [0.2, 0.25) is 10.0 Å². The van der Waals surface area contributed by atoms with E-state index in [0.717, 1.165) is 6.26 Å². The van der Waals surface area contributed by atoms with Gasteiger partial charge in [0.05, 0.1) is 15.5 Å². The van der Waals surface area contributed by atoms with Gasteiger partial charge in [-0.15, -0.1) is 0 Å². The molecule has 0 atom stereocenters. The molecule has 0 aliphatic rings. The standard InChI is InChI=1S/C15H12Cl2O4S/c1-9-7-10(16)3-6-14(9)21-15(18)12-8-11(22(2,19)20)4-5-13(12)17/h3-8H,1-2H3. The molecule has 2 aromatic carbocycles. The molecule has 0 heterocycles. The van der Waals surface area contributed by atoms with Crippen molar-refractivity contribution in [3.05, 3.63) is 57.6 Å². The lowest BCUT2D eigenvalue weighted by Crippen LogP contribution is -2.11. The molecule has 0 saturated heterocycles. The number of aryl methyl sites for hydroxylation is 1. The molecule has 0 N–H and O–H groups in total. The fourth-order valence-corrected chi connectivity index (χ4v) is 2.84. The summed E-state index contributed by atoms with van der Waals surface area (Å²) in [5, 5.41) is 0.637. The van der Waals surface area contributed by atoms with E-state index in [1.165, 1.54) is 18.2 Å². The Morgan fingerprint density at radius 2 is 1.77 bits per heavy atom. The summed E-state index contributed by atoms with van der Waals surface area (Å²) in [5.41, 5.74) is 0.662. The van der Waals surface area contributed by atoms with Gasteiger partial charge in [0, 0.05) is 11.3 Å².